The van der Waals surface area contributed by atoms with Gasteiger partial charge >= 0.3 is 5.97 Å². The molecule has 0 amide bonds. The normalized spacial score (nSPS) is 10.4. The van der Waals surface area contributed by atoms with Crippen LogP contribution in [0.5, 0.6) is 0 Å². The minimum absolute atomic E-state index is 0.245. The first-order chi connectivity index (χ1) is 13.5. The van der Waals surface area contributed by atoms with E-state index in [1.54, 1.807) is 30.3 Å². The van der Waals surface area contributed by atoms with Gasteiger partial charge in [0.15, 0.2) is 0 Å². The van der Waals surface area contributed by atoms with E-state index in [1.807, 2.05) is 19.1 Å². The fraction of sp³-hybridized carbons (Fsp3) is 0.190. The Morgan fingerprint density at radius 1 is 1.11 bits per heavy atom. The molecule has 3 aromatic rings. The zero-order valence-electron chi connectivity index (χ0n) is 15.7. The summed E-state index contributed by atoms with van der Waals surface area (Å²) in [5.74, 6) is 0.462. The van der Waals surface area contributed by atoms with E-state index in [1.165, 1.54) is 19.2 Å². The number of halogens is 1. The molecule has 7 heteroatoms. The van der Waals surface area contributed by atoms with Crippen molar-refractivity contribution in [3.8, 4) is 0 Å². The Bertz CT molecular complexity index is 961. The molecule has 144 valence electrons. The predicted octanol–water partition coefficient (Wildman–Crippen LogP) is 4.11. The fourth-order valence-electron chi connectivity index (χ4n) is 2.67. The second kappa shape index (κ2) is 8.94. The van der Waals surface area contributed by atoms with Gasteiger partial charge in [-0.3, -0.25) is 0 Å². The standard InChI is InChI=1S/C21H21FN4O2/c1-14-12-19(25-18-5-3-4-16(13-18)20(27)28-2)26-21(24-14)23-11-10-15-6-8-17(22)9-7-15/h3-9,12-13H,10-11H2,1-2H3,(H2,23,24,25,26). The highest BCUT2D eigenvalue weighted by Gasteiger charge is 2.07. The third kappa shape index (κ3) is 5.26. The molecule has 0 atom stereocenters. The van der Waals surface area contributed by atoms with Crippen LogP contribution in [0.4, 0.5) is 21.8 Å². The molecule has 1 heterocycles. The van der Waals surface area contributed by atoms with Crippen molar-refractivity contribution in [2.45, 2.75) is 13.3 Å². The number of hydrogen-bond acceptors (Lipinski definition) is 6. The molecule has 0 aliphatic heterocycles. The van der Waals surface area contributed by atoms with Gasteiger partial charge in [0.05, 0.1) is 12.7 Å². The Balaban J connectivity index is 1.66. The minimum atomic E-state index is -0.398. The van der Waals surface area contributed by atoms with Crippen LogP contribution < -0.4 is 10.6 Å². The van der Waals surface area contributed by atoms with Crippen molar-refractivity contribution in [1.82, 2.24) is 9.97 Å². The molecular formula is C21H21FN4O2. The number of anilines is 3. The van der Waals surface area contributed by atoms with Crippen LogP contribution in [-0.2, 0) is 11.2 Å². The monoisotopic (exact) mass is 380 g/mol. The number of aryl methyl sites for hydroxylation is 1. The first-order valence-corrected chi connectivity index (χ1v) is 8.83. The molecule has 3 rings (SSSR count). The van der Waals surface area contributed by atoms with Crippen molar-refractivity contribution in [2.75, 3.05) is 24.3 Å². The summed E-state index contributed by atoms with van der Waals surface area (Å²) in [6.45, 7) is 2.50. The number of rotatable bonds is 7. The fourth-order valence-corrected chi connectivity index (χ4v) is 2.67. The summed E-state index contributed by atoms with van der Waals surface area (Å²) in [5, 5.41) is 6.36. The molecule has 0 unspecified atom stereocenters. The highest BCUT2D eigenvalue weighted by atomic mass is 19.1. The number of esters is 1. The summed E-state index contributed by atoms with van der Waals surface area (Å²) in [5.41, 5.74) is 3.00. The van der Waals surface area contributed by atoms with E-state index < -0.39 is 5.97 Å². The molecule has 28 heavy (non-hydrogen) atoms. The summed E-state index contributed by atoms with van der Waals surface area (Å²) in [6.07, 6.45) is 0.724. The van der Waals surface area contributed by atoms with E-state index in [9.17, 15) is 9.18 Å². The van der Waals surface area contributed by atoms with Gasteiger partial charge in [-0.2, -0.15) is 4.98 Å². The first kappa shape index (κ1) is 19.3. The number of carbonyl (C=O) groups excluding carboxylic acids is 1. The smallest absolute Gasteiger partial charge is 0.337 e. The first-order valence-electron chi connectivity index (χ1n) is 8.83. The van der Waals surface area contributed by atoms with Gasteiger partial charge in [-0.05, 0) is 49.2 Å². The molecule has 0 bridgehead atoms. The number of methoxy groups -OCH3 is 1. The Morgan fingerprint density at radius 2 is 1.89 bits per heavy atom. The van der Waals surface area contributed by atoms with Gasteiger partial charge < -0.3 is 15.4 Å². The van der Waals surface area contributed by atoms with Crippen molar-refractivity contribution in [3.05, 3.63) is 77.2 Å². The summed E-state index contributed by atoms with van der Waals surface area (Å²) in [4.78, 5) is 20.5. The highest BCUT2D eigenvalue weighted by Crippen LogP contribution is 2.18. The molecule has 0 radical (unpaired) electrons. The molecule has 0 saturated heterocycles. The maximum absolute atomic E-state index is 13.0. The lowest BCUT2D eigenvalue weighted by Gasteiger charge is -2.11. The van der Waals surface area contributed by atoms with E-state index >= 15 is 0 Å². The highest BCUT2D eigenvalue weighted by molar-refractivity contribution is 5.90. The summed E-state index contributed by atoms with van der Waals surface area (Å²) in [7, 11) is 1.35. The molecule has 6 nitrogen and oxygen atoms in total. The molecule has 0 spiro atoms. The molecule has 2 aromatic carbocycles. The predicted molar refractivity (Wildman–Crippen MR) is 106 cm³/mol. The van der Waals surface area contributed by atoms with Gasteiger partial charge in [0, 0.05) is 24.0 Å². The molecule has 2 N–H and O–H groups in total. The number of nitrogens with one attached hydrogen (secondary N) is 2. The number of hydrogen-bond donors (Lipinski definition) is 2. The van der Waals surface area contributed by atoms with Crippen molar-refractivity contribution in [3.63, 3.8) is 0 Å². The number of benzene rings is 2. The van der Waals surface area contributed by atoms with E-state index in [-0.39, 0.29) is 5.82 Å². The van der Waals surface area contributed by atoms with E-state index in [4.69, 9.17) is 4.74 Å². The summed E-state index contributed by atoms with van der Waals surface area (Å²) < 4.78 is 17.7. The third-order valence-electron chi connectivity index (χ3n) is 4.02. The number of ether oxygens (including phenoxy) is 1. The number of nitrogens with zero attached hydrogens (tertiary/aromatic N) is 2. The molecular weight excluding hydrogens is 359 g/mol. The Morgan fingerprint density at radius 3 is 2.64 bits per heavy atom. The summed E-state index contributed by atoms with van der Waals surface area (Å²) >= 11 is 0. The molecule has 0 saturated carbocycles. The van der Waals surface area contributed by atoms with Crippen LogP contribution >= 0.6 is 0 Å². The number of aromatic nitrogens is 2. The lowest BCUT2D eigenvalue weighted by molar-refractivity contribution is 0.0601. The van der Waals surface area contributed by atoms with E-state index in [0.717, 1.165) is 23.4 Å². The third-order valence-corrected chi connectivity index (χ3v) is 4.02. The second-order valence-electron chi connectivity index (χ2n) is 6.22. The van der Waals surface area contributed by atoms with Crippen molar-refractivity contribution >= 4 is 23.4 Å². The van der Waals surface area contributed by atoms with Crippen LogP contribution in [0.3, 0.4) is 0 Å². The van der Waals surface area contributed by atoms with Crippen molar-refractivity contribution in [2.24, 2.45) is 0 Å². The van der Waals surface area contributed by atoms with Crippen molar-refractivity contribution in [1.29, 1.82) is 0 Å². The average molecular weight is 380 g/mol. The molecule has 1 aromatic heterocycles. The lowest BCUT2D eigenvalue weighted by atomic mass is 10.1. The number of carbonyl (C=O) groups is 1. The Kier molecular flexibility index (Phi) is 6.16. The zero-order chi connectivity index (χ0) is 19.9. The maximum atomic E-state index is 13.0. The van der Waals surface area contributed by atoms with Gasteiger partial charge in [-0.1, -0.05) is 18.2 Å². The maximum Gasteiger partial charge on any atom is 0.337 e. The molecule has 0 aliphatic rings. The Labute approximate surface area is 162 Å². The Hall–Kier alpha value is -3.48. The minimum Gasteiger partial charge on any atom is -0.465 e. The zero-order valence-corrected chi connectivity index (χ0v) is 15.7. The van der Waals surface area contributed by atoms with Gasteiger partial charge in [0.1, 0.15) is 11.6 Å². The van der Waals surface area contributed by atoms with Crippen LogP contribution in [0.1, 0.15) is 21.6 Å². The van der Waals surface area contributed by atoms with Crippen molar-refractivity contribution < 1.29 is 13.9 Å². The van der Waals surface area contributed by atoms with Crippen LogP contribution in [-0.4, -0.2) is 29.6 Å². The van der Waals surface area contributed by atoms with Gasteiger partial charge in [-0.25, -0.2) is 14.2 Å². The van der Waals surface area contributed by atoms with Gasteiger partial charge in [0.25, 0.3) is 0 Å². The van der Waals surface area contributed by atoms with Crippen LogP contribution in [0.15, 0.2) is 54.6 Å². The van der Waals surface area contributed by atoms with Gasteiger partial charge in [0.2, 0.25) is 5.95 Å². The SMILES string of the molecule is COC(=O)c1cccc(Nc2cc(C)nc(NCCc3ccc(F)cc3)n2)c1. The van der Waals surface area contributed by atoms with Crippen LogP contribution in [0.25, 0.3) is 0 Å². The average Bonchev–Trinajstić information content (AvgIpc) is 2.68. The summed E-state index contributed by atoms with van der Waals surface area (Å²) in [6, 6.07) is 15.2. The van der Waals surface area contributed by atoms with Crippen LogP contribution in [0.2, 0.25) is 0 Å². The molecule has 0 aliphatic carbocycles. The lowest BCUT2D eigenvalue weighted by Crippen LogP contribution is -2.10. The van der Waals surface area contributed by atoms with E-state index in [0.29, 0.717) is 23.9 Å². The van der Waals surface area contributed by atoms with Gasteiger partial charge in [-0.15, -0.1) is 0 Å². The largest absolute Gasteiger partial charge is 0.465 e. The molecule has 0 fully saturated rings. The second-order valence-corrected chi connectivity index (χ2v) is 6.22. The quantitative estimate of drug-likeness (QED) is 0.601. The van der Waals surface area contributed by atoms with E-state index in [2.05, 4.69) is 20.6 Å². The van der Waals surface area contributed by atoms with Crippen LogP contribution in [0, 0.1) is 12.7 Å². The topological polar surface area (TPSA) is 76.1 Å².